The zero-order chi connectivity index (χ0) is 26.8. The van der Waals surface area contributed by atoms with Crippen molar-refractivity contribution in [2.45, 2.75) is 44.9 Å². The second-order valence-corrected chi connectivity index (χ2v) is 8.98. The van der Waals surface area contributed by atoms with E-state index in [1.807, 2.05) is 42.7 Å². The topological polar surface area (TPSA) is 124 Å². The fourth-order valence-electron chi connectivity index (χ4n) is 3.58. The van der Waals surface area contributed by atoms with Gasteiger partial charge in [-0.05, 0) is 56.7 Å². The average Bonchev–Trinajstić information content (AvgIpc) is 3.31. The van der Waals surface area contributed by atoms with Crippen LogP contribution >= 0.6 is 11.8 Å². The maximum absolute atomic E-state index is 12.6. The van der Waals surface area contributed by atoms with Crippen molar-refractivity contribution in [2.24, 2.45) is 0 Å². The number of esters is 1. The van der Waals surface area contributed by atoms with Crippen LogP contribution < -0.4 is 15.4 Å². The van der Waals surface area contributed by atoms with Crippen molar-refractivity contribution in [3.05, 3.63) is 65.5 Å². The highest BCUT2D eigenvalue weighted by Gasteiger charge is 2.20. The summed E-state index contributed by atoms with van der Waals surface area (Å²) in [6.07, 6.45) is 0.230. The fraction of sp³-hybridized carbons (Fsp3) is 0.346. The smallest absolute Gasteiger partial charge is 0.338 e. The molecule has 0 bridgehead atoms. The van der Waals surface area contributed by atoms with E-state index >= 15 is 0 Å². The number of methoxy groups -OCH3 is 1. The lowest BCUT2D eigenvalue weighted by molar-refractivity contribution is -0.121. The third-order valence-corrected chi connectivity index (χ3v) is 6.31. The van der Waals surface area contributed by atoms with Gasteiger partial charge in [-0.25, -0.2) is 4.79 Å². The van der Waals surface area contributed by atoms with Gasteiger partial charge in [0.2, 0.25) is 11.8 Å². The molecular weight excluding hydrogens is 494 g/mol. The number of hydrogen-bond donors (Lipinski definition) is 2. The lowest BCUT2D eigenvalue weighted by Gasteiger charge is -2.15. The Morgan fingerprint density at radius 3 is 2.49 bits per heavy atom. The van der Waals surface area contributed by atoms with Gasteiger partial charge in [0.05, 0.1) is 37.5 Å². The number of amides is 2. The molecule has 0 fully saturated rings. The Balaban J connectivity index is 1.56. The van der Waals surface area contributed by atoms with E-state index in [0.717, 1.165) is 11.3 Å². The molecule has 1 heterocycles. The number of anilines is 1. The van der Waals surface area contributed by atoms with E-state index in [0.29, 0.717) is 28.8 Å². The van der Waals surface area contributed by atoms with Gasteiger partial charge in [-0.15, -0.1) is 10.2 Å². The van der Waals surface area contributed by atoms with Crippen molar-refractivity contribution >= 4 is 35.2 Å². The molecule has 0 radical (unpaired) electrons. The van der Waals surface area contributed by atoms with Gasteiger partial charge in [-0.1, -0.05) is 30.0 Å². The quantitative estimate of drug-likeness (QED) is 0.271. The van der Waals surface area contributed by atoms with Crippen molar-refractivity contribution in [3.63, 3.8) is 0 Å². The van der Waals surface area contributed by atoms with Crippen LogP contribution in [0.15, 0.2) is 53.7 Å². The summed E-state index contributed by atoms with van der Waals surface area (Å²) in [5.74, 6) is 0.607. The number of rotatable bonds is 12. The normalized spacial score (nSPS) is 11.5. The molecule has 2 amide bonds. The van der Waals surface area contributed by atoms with Crippen LogP contribution in [0.5, 0.6) is 5.75 Å². The monoisotopic (exact) mass is 525 g/mol. The molecule has 0 saturated heterocycles. The SMILES string of the molecule is CCOC(=O)c1cccc(NC(=O)CSc2nnc([C@H](C)NC(=O)Cc3ccc(OC)cc3)n2CC)c1. The molecule has 0 saturated carbocycles. The Morgan fingerprint density at radius 1 is 1.05 bits per heavy atom. The summed E-state index contributed by atoms with van der Waals surface area (Å²) in [4.78, 5) is 37.0. The lowest BCUT2D eigenvalue weighted by atomic mass is 10.1. The first-order valence-electron chi connectivity index (χ1n) is 11.9. The predicted molar refractivity (Wildman–Crippen MR) is 141 cm³/mol. The maximum Gasteiger partial charge on any atom is 0.338 e. The molecule has 2 aromatic carbocycles. The summed E-state index contributed by atoms with van der Waals surface area (Å²) in [6, 6.07) is 13.6. The molecule has 1 aromatic heterocycles. The Morgan fingerprint density at radius 2 is 1.81 bits per heavy atom. The van der Waals surface area contributed by atoms with E-state index in [-0.39, 0.29) is 36.6 Å². The van der Waals surface area contributed by atoms with Crippen LogP contribution in [-0.4, -0.2) is 52.0 Å². The van der Waals surface area contributed by atoms with Crippen molar-refractivity contribution in [1.29, 1.82) is 0 Å². The van der Waals surface area contributed by atoms with E-state index in [1.54, 1.807) is 38.3 Å². The molecule has 0 spiro atoms. The average molecular weight is 526 g/mol. The Labute approximate surface area is 220 Å². The molecule has 1 atom stereocenters. The highest BCUT2D eigenvalue weighted by molar-refractivity contribution is 7.99. The van der Waals surface area contributed by atoms with Crippen LogP contribution in [-0.2, 0) is 27.3 Å². The minimum atomic E-state index is -0.443. The predicted octanol–water partition coefficient (Wildman–Crippen LogP) is 3.63. The zero-order valence-corrected chi connectivity index (χ0v) is 22.1. The number of carbonyl (C=O) groups excluding carboxylic acids is 3. The van der Waals surface area contributed by atoms with Gasteiger partial charge in [0, 0.05) is 12.2 Å². The number of nitrogens with zero attached hydrogens (tertiary/aromatic N) is 3. The van der Waals surface area contributed by atoms with Gasteiger partial charge in [0.25, 0.3) is 0 Å². The summed E-state index contributed by atoms with van der Waals surface area (Å²) >= 11 is 1.24. The van der Waals surface area contributed by atoms with Crippen molar-refractivity contribution < 1.29 is 23.9 Å². The van der Waals surface area contributed by atoms with Gasteiger partial charge < -0.3 is 24.7 Å². The maximum atomic E-state index is 12.6. The molecule has 0 aliphatic rings. The molecular formula is C26H31N5O5S. The van der Waals surface area contributed by atoms with Crippen molar-refractivity contribution in [3.8, 4) is 5.75 Å². The standard InChI is InChI=1S/C26H31N5O5S/c1-5-31-24(17(3)27-22(32)14-18-10-12-21(35-4)13-11-18)29-30-26(31)37-16-23(33)28-20-9-7-8-19(15-20)25(34)36-6-2/h7-13,15,17H,5-6,14,16H2,1-4H3,(H,27,32)(H,28,33)/t17-/m0/s1. The largest absolute Gasteiger partial charge is 0.497 e. The summed E-state index contributed by atoms with van der Waals surface area (Å²) in [5, 5.41) is 14.8. The van der Waals surface area contributed by atoms with Crippen LogP contribution in [0.2, 0.25) is 0 Å². The summed E-state index contributed by atoms with van der Waals surface area (Å²) < 4.78 is 12.0. The molecule has 196 valence electrons. The van der Waals surface area contributed by atoms with Crippen LogP contribution in [0, 0.1) is 0 Å². The Kier molecular flexibility index (Phi) is 10.1. The highest BCUT2D eigenvalue weighted by Crippen LogP contribution is 2.21. The van der Waals surface area contributed by atoms with Crippen molar-refractivity contribution in [2.75, 3.05) is 24.8 Å². The number of hydrogen-bond acceptors (Lipinski definition) is 8. The molecule has 10 nitrogen and oxygen atoms in total. The first-order chi connectivity index (χ1) is 17.8. The highest BCUT2D eigenvalue weighted by atomic mass is 32.2. The van der Waals surface area contributed by atoms with Crippen molar-refractivity contribution in [1.82, 2.24) is 20.1 Å². The third-order valence-electron chi connectivity index (χ3n) is 5.34. The molecule has 0 unspecified atom stereocenters. The van der Waals surface area contributed by atoms with E-state index < -0.39 is 5.97 Å². The van der Waals surface area contributed by atoms with Gasteiger partial charge in [-0.2, -0.15) is 0 Å². The van der Waals surface area contributed by atoms with Crippen LogP contribution in [0.1, 0.15) is 48.6 Å². The van der Waals surface area contributed by atoms with E-state index in [4.69, 9.17) is 9.47 Å². The first-order valence-corrected chi connectivity index (χ1v) is 12.9. The number of carbonyl (C=O) groups is 3. The van der Waals surface area contributed by atoms with Gasteiger partial charge in [0.1, 0.15) is 5.75 Å². The third kappa shape index (κ3) is 7.81. The van der Waals surface area contributed by atoms with Crippen LogP contribution in [0.4, 0.5) is 5.69 Å². The number of ether oxygens (including phenoxy) is 2. The van der Waals surface area contributed by atoms with E-state index in [1.165, 1.54) is 11.8 Å². The minimum absolute atomic E-state index is 0.0972. The van der Waals surface area contributed by atoms with Gasteiger partial charge in [0.15, 0.2) is 11.0 Å². The number of nitrogens with one attached hydrogen (secondary N) is 2. The minimum Gasteiger partial charge on any atom is -0.497 e. The molecule has 0 aliphatic heterocycles. The molecule has 11 heteroatoms. The number of benzene rings is 2. The lowest BCUT2D eigenvalue weighted by Crippen LogP contribution is -2.30. The summed E-state index contributed by atoms with van der Waals surface area (Å²) in [5.41, 5.74) is 1.74. The van der Waals surface area contributed by atoms with Gasteiger partial charge >= 0.3 is 5.97 Å². The van der Waals surface area contributed by atoms with Crippen LogP contribution in [0.3, 0.4) is 0 Å². The van der Waals surface area contributed by atoms with E-state index in [9.17, 15) is 14.4 Å². The van der Waals surface area contributed by atoms with Gasteiger partial charge in [-0.3, -0.25) is 9.59 Å². The Hall–Kier alpha value is -3.86. The second kappa shape index (κ2) is 13.4. The summed E-state index contributed by atoms with van der Waals surface area (Å²) in [7, 11) is 1.60. The molecule has 37 heavy (non-hydrogen) atoms. The number of thioether (sulfide) groups is 1. The Bertz CT molecular complexity index is 1230. The molecule has 3 rings (SSSR count). The number of aromatic nitrogens is 3. The fourth-order valence-corrected chi connectivity index (χ4v) is 4.39. The van der Waals surface area contributed by atoms with E-state index in [2.05, 4.69) is 20.8 Å². The first kappa shape index (κ1) is 27.7. The zero-order valence-electron chi connectivity index (χ0n) is 21.3. The second-order valence-electron chi connectivity index (χ2n) is 8.04. The molecule has 0 aliphatic carbocycles. The summed E-state index contributed by atoms with van der Waals surface area (Å²) in [6.45, 7) is 6.38. The van der Waals surface area contributed by atoms with Crippen LogP contribution in [0.25, 0.3) is 0 Å². The molecule has 3 aromatic rings. The molecule has 2 N–H and O–H groups in total.